The highest BCUT2D eigenvalue weighted by Crippen LogP contribution is 2.26. The third-order valence-corrected chi connectivity index (χ3v) is 3.76. The number of carbonyl (C=O) groups excluding carboxylic acids is 1. The van der Waals surface area contributed by atoms with E-state index < -0.39 is 0 Å². The minimum Gasteiger partial charge on any atom is -0.369 e. The Bertz CT molecular complexity index is 492. The molecule has 1 fully saturated rings. The molecule has 1 saturated heterocycles. The number of anilines is 1. The summed E-state index contributed by atoms with van der Waals surface area (Å²) in [4.78, 5) is 13.3. The normalized spacial score (nSPS) is 18.0. The Morgan fingerprint density at radius 2 is 2.29 bits per heavy atom. The number of carbonyl (C=O) groups is 1. The Morgan fingerprint density at radius 3 is 3.00 bits per heavy atom. The molecule has 1 unspecified atom stereocenters. The molecule has 0 radical (unpaired) electrons. The van der Waals surface area contributed by atoms with Gasteiger partial charge in [-0.3, -0.25) is 4.79 Å². The quantitative estimate of drug-likeness (QED) is 0.789. The molecule has 1 atom stereocenters. The maximum Gasteiger partial charge on any atom is 0.217 e. The number of rotatable bonds is 6. The molecule has 1 heterocycles. The van der Waals surface area contributed by atoms with Crippen molar-refractivity contribution in [2.24, 2.45) is 0 Å². The Balaban J connectivity index is 2.09. The van der Waals surface area contributed by atoms with Crippen LogP contribution in [0.2, 0.25) is 0 Å². The second-order valence-corrected chi connectivity index (χ2v) is 5.55. The molecule has 1 aromatic carbocycles. The van der Waals surface area contributed by atoms with Crippen LogP contribution in [0.1, 0.15) is 32.3 Å². The fourth-order valence-corrected chi connectivity index (χ4v) is 2.79. The minimum atomic E-state index is -0.168. The topological polar surface area (TPSA) is 44.4 Å². The van der Waals surface area contributed by atoms with E-state index in [4.69, 9.17) is 0 Å². The first-order valence-corrected chi connectivity index (χ1v) is 7.62. The van der Waals surface area contributed by atoms with Crippen molar-refractivity contribution >= 4 is 11.6 Å². The number of hydrogen-bond donors (Lipinski definition) is 2. The summed E-state index contributed by atoms with van der Waals surface area (Å²) in [5, 5.41) is 6.20. The van der Waals surface area contributed by atoms with Crippen LogP contribution in [0.3, 0.4) is 0 Å². The van der Waals surface area contributed by atoms with Crippen LogP contribution in [-0.2, 0) is 11.3 Å². The smallest absolute Gasteiger partial charge is 0.217 e. The molecule has 0 aromatic heterocycles. The van der Waals surface area contributed by atoms with Crippen molar-refractivity contribution in [1.29, 1.82) is 0 Å². The van der Waals surface area contributed by atoms with Gasteiger partial charge in [0.05, 0.1) is 0 Å². The van der Waals surface area contributed by atoms with Gasteiger partial charge in [0.15, 0.2) is 0 Å². The van der Waals surface area contributed by atoms with E-state index in [-0.39, 0.29) is 17.8 Å². The lowest BCUT2D eigenvalue weighted by Gasteiger charge is -2.23. The fourth-order valence-electron chi connectivity index (χ4n) is 2.79. The van der Waals surface area contributed by atoms with E-state index >= 15 is 0 Å². The largest absolute Gasteiger partial charge is 0.369 e. The Hall–Kier alpha value is -1.62. The first kappa shape index (κ1) is 15.8. The Morgan fingerprint density at radius 1 is 1.48 bits per heavy atom. The van der Waals surface area contributed by atoms with Crippen molar-refractivity contribution in [3.8, 4) is 0 Å². The molecule has 1 aliphatic rings. The summed E-state index contributed by atoms with van der Waals surface area (Å²) in [7, 11) is 0. The van der Waals surface area contributed by atoms with Crippen molar-refractivity contribution in [3.63, 3.8) is 0 Å². The molecule has 0 bridgehead atoms. The van der Waals surface area contributed by atoms with Crippen LogP contribution in [0.25, 0.3) is 0 Å². The van der Waals surface area contributed by atoms with Crippen LogP contribution in [0.5, 0.6) is 0 Å². The SMILES string of the molecule is CCCNCc1c(F)cccc1N1CCC(NC(C)=O)C1. The summed E-state index contributed by atoms with van der Waals surface area (Å²) in [6, 6.07) is 5.37. The van der Waals surface area contributed by atoms with Gasteiger partial charge >= 0.3 is 0 Å². The molecular weight excluding hydrogens is 269 g/mol. The molecule has 2 rings (SSSR count). The van der Waals surface area contributed by atoms with Gasteiger partial charge in [0.25, 0.3) is 0 Å². The summed E-state index contributed by atoms with van der Waals surface area (Å²) in [6.45, 7) is 6.62. The molecule has 0 spiro atoms. The van der Waals surface area contributed by atoms with Crippen LogP contribution in [0.4, 0.5) is 10.1 Å². The zero-order valence-electron chi connectivity index (χ0n) is 12.8. The van der Waals surface area contributed by atoms with Gasteiger partial charge < -0.3 is 15.5 Å². The molecule has 0 saturated carbocycles. The van der Waals surface area contributed by atoms with E-state index in [9.17, 15) is 9.18 Å². The van der Waals surface area contributed by atoms with Gasteiger partial charge in [-0.05, 0) is 31.5 Å². The van der Waals surface area contributed by atoms with E-state index in [1.54, 1.807) is 6.07 Å². The van der Waals surface area contributed by atoms with Gasteiger partial charge in [-0.1, -0.05) is 13.0 Å². The highest BCUT2D eigenvalue weighted by atomic mass is 19.1. The van der Waals surface area contributed by atoms with Crippen molar-refractivity contribution in [1.82, 2.24) is 10.6 Å². The third-order valence-electron chi connectivity index (χ3n) is 3.76. The highest BCUT2D eigenvalue weighted by Gasteiger charge is 2.25. The number of halogens is 1. The predicted molar refractivity (Wildman–Crippen MR) is 82.8 cm³/mol. The van der Waals surface area contributed by atoms with Crippen molar-refractivity contribution in [2.45, 2.75) is 39.3 Å². The first-order chi connectivity index (χ1) is 10.1. The zero-order chi connectivity index (χ0) is 15.2. The summed E-state index contributed by atoms with van der Waals surface area (Å²) in [6.07, 6.45) is 1.93. The average Bonchev–Trinajstić information content (AvgIpc) is 2.88. The number of nitrogens with one attached hydrogen (secondary N) is 2. The second-order valence-electron chi connectivity index (χ2n) is 5.55. The summed E-state index contributed by atoms with van der Waals surface area (Å²) >= 11 is 0. The van der Waals surface area contributed by atoms with Crippen LogP contribution in [0.15, 0.2) is 18.2 Å². The van der Waals surface area contributed by atoms with Gasteiger partial charge in [0.1, 0.15) is 5.82 Å². The Labute approximate surface area is 125 Å². The lowest BCUT2D eigenvalue weighted by atomic mass is 10.1. The van der Waals surface area contributed by atoms with E-state index in [2.05, 4.69) is 22.5 Å². The van der Waals surface area contributed by atoms with Crippen molar-refractivity contribution in [3.05, 3.63) is 29.6 Å². The highest BCUT2D eigenvalue weighted by molar-refractivity contribution is 5.73. The number of hydrogen-bond acceptors (Lipinski definition) is 3. The van der Waals surface area contributed by atoms with Gasteiger partial charge in [0.2, 0.25) is 5.91 Å². The molecule has 116 valence electrons. The lowest BCUT2D eigenvalue weighted by Crippen LogP contribution is -2.35. The molecule has 1 aromatic rings. The zero-order valence-corrected chi connectivity index (χ0v) is 12.8. The minimum absolute atomic E-state index is 0.00840. The van der Waals surface area contributed by atoms with Gasteiger partial charge in [0, 0.05) is 43.9 Å². The first-order valence-electron chi connectivity index (χ1n) is 7.62. The Kier molecular flexibility index (Phi) is 5.56. The van der Waals surface area contributed by atoms with Crippen LogP contribution in [-0.4, -0.2) is 31.6 Å². The van der Waals surface area contributed by atoms with Crippen molar-refractivity contribution in [2.75, 3.05) is 24.5 Å². The number of benzene rings is 1. The molecule has 4 nitrogen and oxygen atoms in total. The molecule has 2 N–H and O–H groups in total. The third kappa shape index (κ3) is 4.17. The average molecular weight is 293 g/mol. The molecule has 5 heteroatoms. The van der Waals surface area contributed by atoms with Crippen LogP contribution < -0.4 is 15.5 Å². The summed E-state index contributed by atoms with van der Waals surface area (Å²) in [5.74, 6) is -0.176. The monoisotopic (exact) mass is 293 g/mol. The molecule has 21 heavy (non-hydrogen) atoms. The summed E-state index contributed by atoms with van der Waals surface area (Å²) < 4.78 is 14.1. The summed E-state index contributed by atoms with van der Waals surface area (Å²) in [5.41, 5.74) is 1.65. The van der Waals surface area contributed by atoms with E-state index in [1.165, 1.54) is 13.0 Å². The van der Waals surface area contributed by atoms with Crippen LogP contribution >= 0.6 is 0 Å². The van der Waals surface area contributed by atoms with E-state index in [0.29, 0.717) is 6.54 Å². The molecule has 0 aliphatic carbocycles. The number of nitrogens with zero attached hydrogens (tertiary/aromatic N) is 1. The number of amides is 1. The maximum atomic E-state index is 14.1. The second kappa shape index (κ2) is 7.41. The predicted octanol–water partition coefficient (Wildman–Crippen LogP) is 2.04. The lowest BCUT2D eigenvalue weighted by molar-refractivity contribution is -0.119. The standard InChI is InChI=1S/C16H24FN3O/c1-3-8-18-10-14-15(17)5-4-6-16(14)20-9-7-13(11-20)19-12(2)21/h4-6,13,18H,3,7-11H2,1-2H3,(H,19,21). The molecule has 1 aliphatic heterocycles. The maximum absolute atomic E-state index is 14.1. The van der Waals surface area contributed by atoms with Gasteiger partial charge in [-0.25, -0.2) is 4.39 Å². The van der Waals surface area contributed by atoms with Crippen LogP contribution in [0, 0.1) is 5.82 Å². The van der Waals surface area contributed by atoms with E-state index in [1.807, 2.05) is 6.07 Å². The molecule has 1 amide bonds. The van der Waals surface area contributed by atoms with Gasteiger partial charge in [-0.2, -0.15) is 0 Å². The van der Waals surface area contributed by atoms with Crippen molar-refractivity contribution < 1.29 is 9.18 Å². The van der Waals surface area contributed by atoms with E-state index in [0.717, 1.165) is 43.7 Å². The van der Waals surface area contributed by atoms with Gasteiger partial charge in [-0.15, -0.1) is 0 Å². The fraction of sp³-hybridized carbons (Fsp3) is 0.562. The molecular formula is C16H24FN3O.